The molecule has 0 aliphatic carbocycles. The summed E-state index contributed by atoms with van der Waals surface area (Å²) < 4.78 is 28.7. The predicted molar refractivity (Wildman–Crippen MR) is 72.4 cm³/mol. The van der Waals surface area contributed by atoms with E-state index in [1.165, 1.54) is 11.6 Å². The van der Waals surface area contributed by atoms with Gasteiger partial charge in [-0.2, -0.15) is 8.78 Å². The van der Waals surface area contributed by atoms with E-state index in [1.54, 1.807) is 12.1 Å². The molecule has 0 saturated carbocycles. The quantitative estimate of drug-likeness (QED) is 0.844. The average Bonchev–Trinajstić information content (AvgIpc) is 2.35. The summed E-state index contributed by atoms with van der Waals surface area (Å²) in [6.45, 7) is 1.18. The zero-order valence-electron chi connectivity index (χ0n) is 10.8. The van der Waals surface area contributed by atoms with E-state index in [0.29, 0.717) is 0 Å². The predicted octanol–water partition coefficient (Wildman–Crippen LogP) is 4.15. The molecule has 0 aromatic heterocycles. The van der Waals surface area contributed by atoms with E-state index >= 15 is 0 Å². The number of aryl methyl sites for hydroxylation is 1. The van der Waals surface area contributed by atoms with E-state index in [4.69, 9.17) is 5.73 Å². The van der Waals surface area contributed by atoms with Gasteiger partial charge in [-0.25, -0.2) is 0 Å². The highest BCUT2D eigenvalue weighted by molar-refractivity contribution is 5.73. The Balaban J connectivity index is 2.42. The summed E-state index contributed by atoms with van der Waals surface area (Å²) >= 11 is 0. The molecule has 4 heteroatoms. The van der Waals surface area contributed by atoms with Crippen molar-refractivity contribution in [3.63, 3.8) is 0 Å². The number of hydrogen-bond acceptors (Lipinski definition) is 2. The molecule has 0 heterocycles. The van der Waals surface area contributed by atoms with Crippen molar-refractivity contribution in [2.75, 3.05) is 5.73 Å². The lowest BCUT2D eigenvalue weighted by Crippen LogP contribution is -2.04. The molecule has 0 amide bonds. The van der Waals surface area contributed by atoms with Crippen LogP contribution in [-0.2, 0) is 0 Å². The zero-order valence-corrected chi connectivity index (χ0v) is 10.8. The Morgan fingerprint density at radius 1 is 1.11 bits per heavy atom. The molecule has 2 nitrogen and oxygen atoms in total. The number of halogens is 2. The Kier molecular flexibility index (Phi) is 3.69. The molecule has 0 unspecified atom stereocenters. The van der Waals surface area contributed by atoms with E-state index in [1.807, 2.05) is 32.0 Å². The van der Waals surface area contributed by atoms with E-state index in [-0.39, 0.29) is 11.4 Å². The second-order valence-electron chi connectivity index (χ2n) is 4.38. The molecule has 2 rings (SSSR count). The summed E-state index contributed by atoms with van der Waals surface area (Å²) in [4.78, 5) is 0. The van der Waals surface area contributed by atoms with Crippen molar-refractivity contribution < 1.29 is 13.5 Å². The number of anilines is 1. The molecule has 100 valence electrons. The monoisotopic (exact) mass is 263 g/mol. The molecule has 0 spiro atoms. The topological polar surface area (TPSA) is 35.2 Å². The van der Waals surface area contributed by atoms with Gasteiger partial charge >= 0.3 is 6.61 Å². The van der Waals surface area contributed by atoms with Gasteiger partial charge in [-0.05, 0) is 48.2 Å². The van der Waals surface area contributed by atoms with Crippen LogP contribution in [0, 0.1) is 13.8 Å². The van der Waals surface area contributed by atoms with Crippen LogP contribution < -0.4 is 10.5 Å². The van der Waals surface area contributed by atoms with Gasteiger partial charge in [0.05, 0.1) is 5.69 Å². The lowest BCUT2D eigenvalue weighted by molar-refractivity contribution is -0.0493. The highest BCUT2D eigenvalue weighted by Crippen LogP contribution is 2.31. The third-order valence-corrected chi connectivity index (χ3v) is 3.14. The van der Waals surface area contributed by atoms with Gasteiger partial charge in [0.2, 0.25) is 0 Å². The fraction of sp³-hybridized carbons (Fsp3) is 0.200. The fourth-order valence-corrected chi connectivity index (χ4v) is 1.98. The van der Waals surface area contributed by atoms with Crippen LogP contribution in [0.1, 0.15) is 11.1 Å². The Bertz CT molecular complexity index is 597. The van der Waals surface area contributed by atoms with Crippen molar-refractivity contribution in [2.24, 2.45) is 0 Å². The van der Waals surface area contributed by atoms with Crippen LogP contribution in [0.15, 0.2) is 36.4 Å². The first kappa shape index (κ1) is 13.3. The third-order valence-electron chi connectivity index (χ3n) is 3.14. The lowest BCUT2D eigenvalue weighted by Gasteiger charge is -2.12. The van der Waals surface area contributed by atoms with Gasteiger partial charge in [0.1, 0.15) is 5.75 Å². The molecule has 0 radical (unpaired) electrons. The fourth-order valence-electron chi connectivity index (χ4n) is 1.98. The minimum atomic E-state index is -2.87. The summed E-state index contributed by atoms with van der Waals surface area (Å²) in [5, 5.41) is 0. The Morgan fingerprint density at radius 2 is 1.84 bits per heavy atom. The maximum atomic E-state index is 12.2. The van der Waals surface area contributed by atoms with Crippen molar-refractivity contribution >= 4 is 5.69 Å². The Hall–Kier alpha value is -2.10. The number of nitrogen functional groups attached to an aromatic ring is 1. The first-order valence-corrected chi connectivity index (χ1v) is 5.90. The number of benzene rings is 2. The Labute approximate surface area is 110 Å². The number of nitrogens with two attached hydrogens (primary N) is 1. The smallest absolute Gasteiger partial charge is 0.387 e. The van der Waals surface area contributed by atoms with Crippen LogP contribution in [0.25, 0.3) is 11.1 Å². The second kappa shape index (κ2) is 5.26. The van der Waals surface area contributed by atoms with Crippen molar-refractivity contribution in [2.45, 2.75) is 20.5 Å². The van der Waals surface area contributed by atoms with Gasteiger partial charge < -0.3 is 10.5 Å². The molecule has 19 heavy (non-hydrogen) atoms. The van der Waals surface area contributed by atoms with E-state index in [0.717, 1.165) is 16.7 Å². The summed E-state index contributed by atoms with van der Waals surface area (Å²) in [6.07, 6.45) is 0. The van der Waals surface area contributed by atoms with Gasteiger partial charge in [0.25, 0.3) is 0 Å². The van der Waals surface area contributed by atoms with Crippen molar-refractivity contribution in [3.05, 3.63) is 47.5 Å². The first-order chi connectivity index (χ1) is 8.99. The molecule has 0 fully saturated rings. The Morgan fingerprint density at radius 3 is 2.47 bits per heavy atom. The van der Waals surface area contributed by atoms with Crippen molar-refractivity contribution in [1.29, 1.82) is 0 Å². The molecule has 0 aliphatic rings. The number of rotatable bonds is 3. The largest absolute Gasteiger partial charge is 0.433 e. The average molecular weight is 263 g/mol. The van der Waals surface area contributed by atoms with Crippen LogP contribution in [0.2, 0.25) is 0 Å². The van der Waals surface area contributed by atoms with Gasteiger partial charge in [-0.3, -0.25) is 0 Å². The van der Waals surface area contributed by atoms with Gasteiger partial charge in [-0.15, -0.1) is 0 Å². The van der Waals surface area contributed by atoms with Crippen LogP contribution in [0.3, 0.4) is 0 Å². The number of hydrogen-bond donors (Lipinski definition) is 1. The van der Waals surface area contributed by atoms with Crippen molar-refractivity contribution in [1.82, 2.24) is 0 Å². The van der Waals surface area contributed by atoms with E-state index < -0.39 is 6.61 Å². The highest BCUT2D eigenvalue weighted by Gasteiger charge is 2.10. The van der Waals surface area contributed by atoms with Gasteiger partial charge in [-0.1, -0.05) is 24.3 Å². The molecule has 2 aromatic rings. The lowest BCUT2D eigenvalue weighted by atomic mass is 9.97. The van der Waals surface area contributed by atoms with E-state index in [9.17, 15) is 8.78 Å². The van der Waals surface area contributed by atoms with Gasteiger partial charge in [0, 0.05) is 0 Å². The molecule has 0 atom stereocenters. The number of ether oxygens (including phenoxy) is 1. The molecule has 2 aromatic carbocycles. The minimum Gasteiger partial charge on any atom is -0.433 e. The third kappa shape index (κ3) is 2.84. The maximum absolute atomic E-state index is 12.2. The van der Waals surface area contributed by atoms with Crippen molar-refractivity contribution in [3.8, 4) is 16.9 Å². The van der Waals surface area contributed by atoms with Crippen LogP contribution >= 0.6 is 0 Å². The molecule has 0 bridgehead atoms. The zero-order chi connectivity index (χ0) is 14.0. The van der Waals surface area contributed by atoms with E-state index in [2.05, 4.69) is 4.74 Å². The van der Waals surface area contributed by atoms with Crippen LogP contribution in [-0.4, -0.2) is 6.61 Å². The normalized spacial score (nSPS) is 10.8. The summed E-state index contributed by atoms with van der Waals surface area (Å²) in [5.41, 5.74) is 10.2. The maximum Gasteiger partial charge on any atom is 0.387 e. The first-order valence-electron chi connectivity index (χ1n) is 5.90. The summed E-state index contributed by atoms with van der Waals surface area (Å²) in [6, 6.07) is 10.8. The van der Waals surface area contributed by atoms with Crippen LogP contribution in [0.5, 0.6) is 5.75 Å². The summed E-state index contributed by atoms with van der Waals surface area (Å²) in [7, 11) is 0. The molecular weight excluding hydrogens is 248 g/mol. The minimum absolute atomic E-state index is 0.00376. The standard InChI is InChI=1S/C15H15F2NO/c1-9-4-3-5-12(10(9)2)11-6-7-14(13(18)8-11)19-15(16)17/h3-8,15H,18H2,1-2H3. The molecule has 2 N–H and O–H groups in total. The summed E-state index contributed by atoms with van der Waals surface area (Å²) in [5.74, 6) is 0.00376. The molecular formula is C15H15F2NO. The highest BCUT2D eigenvalue weighted by atomic mass is 19.3. The van der Waals surface area contributed by atoms with Gasteiger partial charge in [0.15, 0.2) is 0 Å². The number of alkyl halides is 2. The second-order valence-corrected chi connectivity index (χ2v) is 4.38. The molecule has 0 aliphatic heterocycles. The van der Waals surface area contributed by atoms with Crippen LogP contribution in [0.4, 0.5) is 14.5 Å². The molecule has 0 saturated heterocycles. The SMILES string of the molecule is Cc1cccc(-c2ccc(OC(F)F)c(N)c2)c1C.